The molecule has 0 unspecified atom stereocenters. The summed E-state index contributed by atoms with van der Waals surface area (Å²) in [5, 5.41) is 6.32. The van der Waals surface area contributed by atoms with Crippen LogP contribution in [-0.4, -0.2) is 16.1 Å². The predicted octanol–water partition coefficient (Wildman–Crippen LogP) is -0.0918. The normalized spacial score (nSPS) is 10.4. The van der Waals surface area contributed by atoms with Gasteiger partial charge < -0.3 is 5.73 Å². The van der Waals surface area contributed by atoms with E-state index in [1.807, 2.05) is 0 Å². The van der Waals surface area contributed by atoms with Crippen molar-refractivity contribution in [1.29, 1.82) is 0 Å². The Morgan fingerprint density at radius 3 is 3.10 bits per heavy atom. The number of aromatic amines is 1. The van der Waals surface area contributed by atoms with Crippen LogP contribution in [0.1, 0.15) is 5.69 Å². The number of amides is 1. The molecule has 4 heteroatoms. The Morgan fingerprint density at radius 2 is 2.60 bits per heavy atom. The van der Waals surface area contributed by atoms with Crippen molar-refractivity contribution in [3.63, 3.8) is 0 Å². The highest BCUT2D eigenvalue weighted by Crippen LogP contribution is 1.92. The SMILES string of the molecule is NC(=O)C=Cc1ccn[nH]1. The van der Waals surface area contributed by atoms with E-state index >= 15 is 0 Å². The Labute approximate surface area is 57.7 Å². The molecule has 0 atom stereocenters. The second kappa shape index (κ2) is 2.82. The number of nitrogens with zero attached hydrogens (tertiary/aromatic N) is 1. The van der Waals surface area contributed by atoms with Crippen LogP contribution in [0, 0.1) is 0 Å². The maximum absolute atomic E-state index is 10.2. The third kappa shape index (κ3) is 1.74. The highest BCUT2D eigenvalue weighted by molar-refractivity contribution is 5.89. The molecule has 1 heterocycles. The van der Waals surface area contributed by atoms with Crippen molar-refractivity contribution in [1.82, 2.24) is 10.2 Å². The first-order valence-electron chi connectivity index (χ1n) is 2.76. The summed E-state index contributed by atoms with van der Waals surface area (Å²) in [5.41, 5.74) is 5.61. The highest BCUT2D eigenvalue weighted by Gasteiger charge is 1.85. The van der Waals surface area contributed by atoms with Gasteiger partial charge in [0.05, 0.1) is 5.69 Å². The molecule has 1 amide bonds. The van der Waals surface area contributed by atoms with E-state index in [1.165, 1.54) is 6.08 Å². The monoisotopic (exact) mass is 137 g/mol. The van der Waals surface area contributed by atoms with Gasteiger partial charge in [0, 0.05) is 12.3 Å². The number of rotatable bonds is 2. The molecule has 0 aliphatic rings. The topological polar surface area (TPSA) is 71.8 Å². The summed E-state index contributed by atoms with van der Waals surface area (Å²) in [5.74, 6) is -0.463. The number of nitrogens with two attached hydrogens (primary N) is 1. The molecule has 0 saturated carbocycles. The van der Waals surface area contributed by atoms with Gasteiger partial charge in [-0.2, -0.15) is 5.10 Å². The number of nitrogens with one attached hydrogen (secondary N) is 1. The fourth-order valence-electron chi connectivity index (χ4n) is 0.531. The van der Waals surface area contributed by atoms with E-state index in [4.69, 9.17) is 5.73 Å². The average Bonchev–Trinajstić information content (AvgIpc) is 2.34. The smallest absolute Gasteiger partial charge is 0.241 e. The second-order valence-corrected chi connectivity index (χ2v) is 1.75. The number of primary amides is 1. The number of carbonyl (C=O) groups excluding carboxylic acids is 1. The summed E-state index contributed by atoms with van der Waals surface area (Å²) in [7, 11) is 0. The van der Waals surface area contributed by atoms with Crippen LogP contribution in [0.5, 0.6) is 0 Å². The molecule has 0 aliphatic carbocycles. The molecule has 4 nitrogen and oxygen atoms in total. The van der Waals surface area contributed by atoms with Gasteiger partial charge in [0.1, 0.15) is 0 Å². The van der Waals surface area contributed by atoms with E-state index in [-0.39, 0.29) is 0 Å². The van der Waals surface area contributed by atoms with E-state index in [0.29, 0.717) is 0 Å². The zero-order valence-corrected chi connectivity index (χ0v) is 5.24. The largest absolute Gasteiger partial charge is 0.366 e. The second-order valence-electron chi connectivity index (χ2n) is 1.75. The molecule has 0 aliphatic heterocycles. The van der Waals surface area contributed by atoms with E-state index in [1.54, 1.807) is 18.3 Å². The van der Waals surface area contributed by atoms with Crippen LogP contribution >= 0.6 is 0 Å². The van der Waals surface area contributed by atoms with Crippen molar-refractivity contribution in [2.24, 2.45) is 5.73 Å². The fraction of sp³-hybridized carbons (Fsp3) is 0. The van der Waals surface area contributed by atoms with Gasteiger partial charge in [-0.15, -0.1) is 0 Å². The first kappa shape index (κ1) is 6.54. The number of carbonyl (C=O) groups is 1. The van der Waals surface area contributed by atoms with Gasteiger partial charge in [-0.25, -0.2) is 0 Å². The van der Waals surface area contributed by atoms with E-state index in [9.17, 15) is 4.79 Å². The first-order chi connectivity index (χ1) is 4.79. The number of H-pyrrole nitrogens is 1. The van der Waals surface area contributed by atoms with Crippen LogP contribution in [-0.2, 0) is 4.79 Å². The van der Waals surface area contributed by atoms with Gasteiger partial charge in [-0.05, 0) is 12.1 Å². The van der Waals surface area contributed by atoms with Gasteiger partial charge >= 0.3 is 0 Å². The molecule has 10 heavy (non-hydrogen) atoms. The van der Waals surface area contributed by atoms with Crippen LogP contribution in [0.3, 0.4) is 0 Å². The third-order valence-corrected chi connectivity index (χ3v) is 0.949. The third-order valence-electron chi connectivity index (χ3n) is 0.949. The molecule has 52 valence electrons. The van der Waals surface area contributed by atoms with Gasteiger partial charge in [0.25, 0.3) is 0 Å². The molecule has 0 aromatic carbocycles. The lowest BCUT2D eigenvalue weighted by Gasteiger charge is -1.80. The Morgan fingerprint density at radius 1 is 1.80 bits per heavy atom. The summed E-state index contributed by atoms with van der Waals surface area (Å²) in [6, 6.07) is 1.74. The van der Waals surface area contributed by atoms with Crippen LogP contribution < -0.4 is 5.73 Å². The standard InChI is InChI=1S/C6H7N3O/c7-6(10)2-1-5-3-4-8-9-5/h1-4H,(H2,7,10)(H,8,9). The lowest BCUT2D eigenvalue weighted by Crippen LogP contribution is -2.05. The van der Waals surface area contributed by atoms with Crippen LogP contribution in [0.25, 0.3) is 6.08 Å². The molecule has 0 bridgehead atoms. The molecule has 1 rings (SSSR count). The Bertz CT molecular complexity index is 238. The molecule has 0 fully saturated rings. The van der Waals surface area contributed by atoms with E-state index < -0.39 is 5.91 Å². The molecule has 3 N–H and O–H groups in total. The number of hydrogen-bond acceptors (Lipinski definition) is 2. The van der Waals surface area contributed by atoms with Gasteiger partial charge in [-0.3, -0.25) is 9.89 Å². The molecular formula is C6H7N3O. The van der Waals surface area contributed by atoms with Crippen molar-refractivity contribution in [3.05, 3.63) is 24.0 Å². The van der Waals surface area contributed by atoms with Crippen LogP contribution in [0.4, 0.5) is 0 Å². The van der Waals surface area contributed by atoms with Crippen LogP contribution in [0.15, 0.2) is 18.3 Å². The van der Waals surface area contributed by atoms with E-state index in [2.05, 4.69) is 10.2 Å². The summed E-state index contributed by atoms with van der Waals surface area (Å²) < 4.78 is 0. The first-order valence-corrected chi connectivity index (χ1v) is 2.76. The van der Waals surface area contributed by atoms with Gasteiger partial charge in [-0.1, -0.05) is 0 Å². The van der Waals surface area contributed by atoms with Crippen molar-refractivity contribution in [2.75, 3.05) is 0 Å². The lowest BCUT2D eigenvalue weighted by molar-refractivity contribution is -0.113. The van der Waals surface area contributed by atoms with Crippen molar-refractivity contribution < 1.29 is 4.79 Å². The average molecular weight is 137 g/mol. The van der Waals surface area contributed by atoms with Gasteiger partial charge in [0.15, 0.2) is 0 Å². The maximum atomic E-state index is 10.2. The van der Waals surface area contributed by atoms with Crippen LogP contribution in [0.2, 0.25) is 0 Å². The van der Waals surface area contributed by atoms with Crippen molar-refractivity contribution >= 4 is 12.0 Å². The summed E-state index contributed by atoms with van der Waals surface area (Å²) in [4.78, 5) is 10.2. The summed E-state index contributed by atoms with van der Waals surface area (Å²) in [6.07, 6.45) is 4.43. The minimum Gasteiger partial charge on any atom is -0.366 e. The molecule has 0 radical (unpaired) electrons. The van der Waals surface area contributed by atoms with Gasteiger partial charge in [0.2, 0.25) is 5.91 Å². The summed E-state index contributed by atoms with van der Waals surface area (Å²) >= 11 is 0. The minimum atomic E-state index is -0.463. The summed E-state index contributed by atoms with van der Waals surface area (Å²) in [6.45, 7) is 0. The molecule has 1 aromatic heterocycles. The zero-order chi connectivity index (χ0) is 7.40. The molecular weight excluding hydrogens is 130 g/mol. The highest BCUT2D eigenvalue weighted by atomic mass is 16.1. The zero-order valence-electron chi connectivity index (χ0n) is 5.24. The lowest BCUT2D eigenvalue weighted by atomic mass is 10.4. The van der Waals surface area contributed by atoms with E-state index in [0.717, 1.165) is 5.69 Å². The Balaban J connectivity index is 2.64. The fourth-order valence-corrected chi connectivity index (χ4v) is 0.531. The van der Waals surface area contributed by atoms with Crippen molar-refractivity contribution in [3.8, 4) is 0 Å². The number of hydrogen-bond donors (Lipinski definition) is 2. The number of aromatic nitrogens is 2. The Hall–Kier alpha value is -1.58. The predicted molar refractivity (Wildman–Crippen MR) is 36.8 cm³/mol. The molecule has 1 aromatic rings. The minimum absolute atomic E-state index is 0.463. The quantitative estimate of drug-likeness (QED) is 0.559. The Kier molecular flexibility index (Phi) is 1.84. The maximum Gasteiger partial charge on any atom is 0.241 e. The van der Waals surface area contributed by atoms with Crippen molar-refractivity contribution in [2.45, 2.75) is 0 Å². The molecule has 0 spiro atoms. The molecule has 0 saturated heterocycles.